The van der Waals surface area contributed by atoms with Gasteiger partial charge < -0.3 is 9.80 Å². The van der Waals surface area contributed by atoms with Gasteiger partial charge >= 0.3 is 0 Å². The summed E-state index contributed by atoms with van der Waals surface area (Å²) in [5.41, 5.74) is 1.25. The van der Waals surface area contributed by atoms with Crippen molar-refractivity contribution in [2.45, 2.75) is 51.4 Å². The van der Waals surface area contributed by atoms with Gasteiger partial charge in [0.2, 0.25) is 5.91 Å². The van der Waals surface area contributed by atoms with Crippen molar-refractivity contribution in [1.29, 1.82) is 0 Å². The molecular formula is C19H26N2O2S. The van der Waals surface area contributed by atoms with Crippen LogP contribution in [0.25, 0.3) is 0 Å². The lowest BCUT2D eigenvalue weighted by atomic mass is 9.87. The Morgan fingerprint density at radius 2 is 1.62 bits per heavy atom. The number of hydrogen-bond acceptors (Lipinski definition) is 3. The third-order valence-corrected chi connectivity index (χ3v) is 6.93. The molecule has 2 aliphatic heterocycles. The summed E-state index contributed by atoms with van der Waals surface area (Å²) in [6.45, 7) is 3.67. The average Bonchev–Trinajstić information content (AvgIpc) is 3.30. The van der Waals surface area contributed by atoms with Crippen LogP contribution >= 0.6 is 11.3 Å². The maximum atomic E-state index is 12.8. The molecule has 2 fully saturated rings. The predicted molar refractivity (Wildman–Crippen MR) is 95.4 cm³/mol. The van der Waals surface area contributed by atoms with Crippen molar-refractivity contribution in [1.82, 2.24) is 9.80 Å². The molecule has 0 unspecified atom stereocenters. The van der Waals surface area contributed by atoms with E-state index in [9.17, 15) is 9.59 Å². The zero-order chi connectivity index (χ0) is 16.5. The SMILES string of the molecule is O=C(c1cc2c(s1)CC[C@@H](C(=O)N1CCCCC1)C2)N1CCCC1. The van der Waals surface area contributed by atoms with E-state index < -0.39 is 0 Å². The first-order valence-corrected chi connectivity index (χ1v) is 10.2. The summed E-state index contributed by atoms with van der Waals surface area (Å²) in [7, 11) is 0. The fourth-order valence-corrected chi connectivity index (χ4v) is 5.46. The van der Waals surface area contributed by atoms with Crippen molar-refractivity contribution in [2.24, 2.45) is 5.92 Å². The highest BCUT2D eigenvalue weighted by atomic mass is 32.1. The monoisotopic (exact) mass is 346 g/mol. The van der Waals surface area contributed by atoms with Crippen molar-refractivity contribution < 1.29 is 9.59 Å². The van der Waals surface area contributed by atoms with Gasteiger partial charge in [0.15, 0.2) is 0 Å². The van der Waals surface area contributed by atoms with E-state index in [2.05, 4.69) is 11.0 Å². The van der Waals surface area contributed by atoms with E-state index >= 15 is 0 Å². The second-order valence-corrected chi connectivity index (χ2v) is 8.52. The number of likely N-dealkylation sites (tertiary alicyclic amines) is 2. The molecule has 0 saturated carbocycles. The van der Waals surface area contributed by atoms with Crippen molar-refractivity contribution >= 4 is 23.2 Å². The lowest BCUT2D eigenvalue weighted by Crippen LogP contribution is -2.41. The number of rotatable bonds is 2. The first-order chi connectivity index (χ1) is 11.7. The quantitative estimate of drug-likeness (QED) is 0.826. The number of amides is 2. The molecule has 4 nitrogen and oxygen atoms in total. The molecule has 2 saturated heterocycles. The van der Waals surface area contributed by atoms with Gasteiger partial charge in [-0.3, -0.25) is 9.59 Å². The van der Waals surface area contributed by atoms with Gasteiger partial charge in [0, 0.05) is 37.0 Å². The Balaban J connectivity index is 1.45. The molecule has 1 aromatic heterocycles. The van der Waals surface area contributed by atoms with E-state index in [0.717, 1.165) is 76.0 Å². The first kappa shape index (κ1) is 16.1. The minimum atomic E-state index is 0.125. The molecule has 0 bridgehead atoms. The smallest absolute Gasteiger partial charge is 0.263 e. The zero-order valence-corrected chi connectivity index (χ0v) is 15.1. The highest BCUT2D eigenvalue weighted by Crippen LogP contribution is 2.34. The fraction of sp³-hybridized carbons (Fsp3) is 0.684. The molecule has 2 amide bonds. The lowest BCUT2D eigenvalue weighted by Gasteiger charge is -2.31. The largest absolute Gasteiger partial charge is 0.342 e. The molecule has 0 N–H and O–H groups in total. The van der Waals surface area contributed by atoms with Crippen molar-refractivity contribution in [3.63, 3.8) is 0 Å². The van der Waals surface area contributed by atoms with Crippen LogP contribution in [0.3, 0.4) is 0 Å². The van der Waals surface area contributed by atoms with Gasteiger partial charge in [0.1, 0.15) is 0 Å². The summed E-state index contributed by atoms with van der Waals surface area (Å²) in [5.74, 6) is 0.671. The van der Waals surface area contributed by atoms with Gasteiger partial charge in [0.05, 0.1) is 4.88 Å². The van der Waals surface area contributed by atoms with Crippen LogP contribution in [0, 0.1) is 5.92 Å². The summed E-state index contributed by atoms with van der Waals surface area (Å²) < 4.78 is 0. The highest BCUT2D eigenvalue weighted by molar-refractivity contribution is 7.14. The molecular weight excluding hydrogens is 320 g/mol. The molecule has 3 aliphatic rings. The Kier molecular flexibility index (Phi) is 4.61. The Hall–Kier alpha value is -1.36. The van der Waals surface area contributed by atoms with Gasteiger partial charge in [-0.25, -0.2) is 0 Å². The predicted octanol–water partition coefficient (Wildman–Crippen LogP) is 3.10. The summed E-state index contributed by atoms with van der Waals surface area (Å²) >= 11 is 1.66. The van der Waals surface area contributed by atoms with Crippen LogP contribution < -0.4 is 0 Å². The van der Waals surface area contributed by atoms with Gasteiger partial charge in [-0.15, -0.1) is 11.3 Å². The van der Waals surface area contributed by atoms with Gasteiger partial charge in [-0.05, 0) is 63.0 Å². The van der Waals surface area contributed by atoms with Gasteiger partial charge in [-0.1, -0.05) is 0 Å². The average molecular weight is 346 g/mol. The Morgan fingerprint density at radius 3 is 2.38 bits per heavy atom. The molecule has 4 rings (SSSR count). The molecule has 0 aromatic carbocycles. The molecule has 1 aromatic rings. The second kappa shape index (κ2) is 6.87. The summed E-state index contributed by atoms with van der Waals surface area (Å²) in [6.07, 6.45) is 8.54. The molecule has 3 heterocycles. The standard InChI is InChI=1S/C19H26N2O2S/c22-18(20-8-2-1-3-9-20)14-6-7-16-15(12-14)13-17(24-16)19(23)21-10-4-5-11-21/h13-14H,1-12H2/t14-/m1/s1. The molecule has 0 radical (unpaired) electrons. The van der Waals surface area contributed by atoms with Crippen LogP contribution in [-0.2, 0) is 17.6 Å². The van der Waals surface area contributed by atoms with Crippen LogP contribution in [0.15, 0.2) is 6.07 Å². The first-order valence-electron chi connectivity index (χ1n) is 9.42. The third kappa shape index (κ3) is 3.10. The van der Waals surface area contributed by atoms with Crippen LogP contribution in [0.1, 0.15) is 58.6 Å². The second-order valence-electron chi connectivity index (χ2n) is 7.38. The van der Waals surface area contributed by atoms with Crippen molar-refractivity contribution in [2.75, 3.05) is 26.2 Å². The normalized spacial score (nSPS) is 24.1. The molecule has 0 spiro atoms. The summed E-state index contributed by atoms with van der Waals surface area (Å²) in [5, 5.41) is 0. The van der Waals surface area contributed by atoms with Crippen molar-refractivity contribution in [3.05, 3.63) is 21.4 Å². The topological polar surface area (TPSA) is 40.6 Å². The Labute approximate surface area is 147 Å². The number of thiophene rings is 1. The maximum Gasteiger partial charge on any atom is 0.263 e. The molecule has 130 valence electrons. The molecule has 1 atom stereocenters. The van der Waals surface area contributed by atoms with Crippen LogP contribution in [0.5, 0.6) is 0 Å². The Bertz CT molecular complexity index is 627. The molecule has 5 heteroatoms. The van der Waals surface area contributed by atoms with Gasteiger partial charge in [0.25, 0.3) is 5.91 Å². The fourth-order valence-electron chi connectivity index (χ4n) is 4.29. The van der Waals surface area contributed by atoms with Crippen LogP contribution in [-0.4, -0.2) is 47.8 Å². The van der Waals surface area contributed by atoms with E-state index in [1.165, 1.54) is 16.9 Å². The maximum absolute atomic E-state index is 12.8. The highest BCUT2D eigenvalue weighted by Gasteiger charge is 2.31. The minimum Gasteiger partial charge on any atom is -0.342 e. The van der Waals surface area contributed by atoms with Crippen molar-refractivity contribution in [3.8, 4) is 0 Å². The number of nitrogens with zero attached hydrogens (tertiary/aromatic N) is 2. The molecule has 24 heavy (non-hydrogen) atoms. The van der Waals surface area contributed by atoms with E-state index in [-0.39, 0.29) is 11.8 Å². The van der Waals surface area contributed by atoms with E-state index in [1.807, 2.05) is 4.90 Å². The lowest BCUT2D eigenvalue weighted by molar-refractivity contribution is -0.136. The number of fused-ring (bicyclic) bond motifs is 1. The molecule has 1 aliphatic carbocycles. The number of piperidine rings is 1. The van der Waals surface area contributed by atoms with Crippen LogP contribution in [0.4, 0.5) is 0 Å². The number of hydrogen-bond donors (Lipinski definition) is 0. The minimum absolute atomic E-state index is 0.125. The zero-order valence-electron chi connectivity index (χ0n) is 14.3. The van der Waals surface area contributed by atoms with E-state index in [0.29, 0.717) is 5.91 Å². The van der Waals surface area contributed by atoms with Gasteiger partial charge in [-0.2, -0.15) is 0 Å². The third-order valence-electron chi connectivity index (χ3n) is 5.70. The summed E-state index contributed by atoms with van der Waals surface area (Å²) in [4.78, 5) is 31.6. The number of carbonyl (C=O) groups excluding carboxylic acids is 2. The summed E-state index contributed by atoms with van der Waals surface area (Å²) in [6, 6.07) is 2.08. The number of carbonyl (C=O) groups is 2. The van der Waals surface area contributed by atoms with Crippen LogP contribution in [0.2, 0.25) is 0 Å². The Morgan fingerprint density at radius 1 is 0.958 bits per heavy atom. The number of aryl methyl sites for hydroxylation is 1. The van der Waals surface area contributed by atoms with E-state index in [1.54, 1.807) is 11.3 Å². The van der Waals surface area contributed by atoms with E-state index in [4.69, 9.17) is 0 Å².